The predicted octanol–water partition coefficient (Wildman–Crippen LogP) is 0.442. The van der Waals surface area contributed by atoms with Crippen molar-refractivity contribution in [1.29, 1.82) is 0 Å². The first-order valence-electron chi connectivity index (χ1n) is 5.86. The van der Waals surface area contributed by atoms with Crippen LogP contribution < -0.4 is 15.4 Å². The Hall–Kier alpha value is -2.64. The van der Waals surface area contributed by atoms with Crippen molar-refractivity contribution in [2.75, 3.05) is 18.6 Å². The second-order valence-electron chi connectivity index (χ2n) is 4.42. The van der Waals surface area contributed by atoms with Crippen molar-refractivity contribution < 1.29 is 19.2 Å². The van der Waals surface area contributed by atoms with Crippen LogP contribution in [0.3, 0.4) is 0 Å². The molecule has 1 aromatic carbocycles. The van der Waals surface area contributed by atoms with Crippen molar-refractivity contribution in [1.82, 2.24) is 0 Å². The van der Waals surface area contributed by atoms with Crippen LogP contribution in [0.4, 0.5) is 11.4 Å². The highest BCUT2D eigenvalue weighted by Crippen LogP contribution is 2.33. The molecule has 1 heterocycles. The average molecular weight is 279 g/mol. The summed E-state index contributed by atoms with van der Waals surface area (Å²) in [7, 11) is 1.33. The van der Waals surface area contributed by atoms with Crippen molar-refractivity contribution in [3.05, 3.63) is 28.3 Å². The number of nitrogens with zero attached hydrogens (tertiary/aromatic N) is 2. The van der Waals surface area contributed by atoms with E-state index in [9.17, 15) is 19.7 Å². The van der Waals surface area contributed by atoms with E-state index < -0.39 is 16.7 Å². The van der Waals surface area contributed by atoms with Gasteiger partial charge in [-0.25, -0.2) is 0 Å². The number of hydrogen-bond acceptors (Lipinski definition) is 5. The molecule has 0 bridgehead atoms. The van der Waals surface area contributed by atoms with E-state index in [-0.39, 0.29) is 30.3 Å². The number of methoxy groups -OCH3 is 1. The van der Waals surface area contributed by atoms with Crippen molar-refractivity contribution in [2.24, 2.45) is 11.7 Å². The summed E-state index contributed by atoms with van der Waals surface area (Å²) in [6.07, 6.45) is 0.0230. The minimum atomic E-state index is -0.589. The Balaban J connectivity index is 2.34. The molecular formula is C12H13N3O5. The molecule has 2 amide bonds. The molecule has 2 N–H and O–H groups in total. The summed E-state index contributed by atoms with van der Waals surface area (Å²) in [6, 6.07) is 4.20. The molecule has 1 aliphatic heterocycles. The third-order valence-electron chi connectivity index (χ3n) is 3.20. The zero-order valence-electron chi connectivity index (χ0n) is 10.7. The molecule has 8 heteroatoms. The maximum atomic E-state index is 11.8. The number of primary amides is 1. The molecule has 0 aromatic heterocycles. The van der Waals surface area contributed by atoms with Crippen LogP contribution in [0, 0.1) is 16.0 Å². The predicted molar refractivity (Wildman–Crippen MR) is 69.3 cm³/mol. The summed E-state index contributed by atoms with van der Waals surface area (Å²) in [6.45, 7) is 0.137. The summed E-state index contributed by atoms with van der Waals surface area (Å²) >= 11 is 0. The number of rotatable bonds is 4. The van der Waals surface area contributed by atoms with Gasteiger partial charge in [0.15, 0.2) is 5.75 Å². The molecule has 0 radical (unpaired) electrons. The van der Waals surface area contributed by atoms with Crippen LogP contribution in [-0.2, 0) is 9.59 Å². The molecule has 106 valence electrons. The smallest absolute Gasteiger partial charge is 0.312 e. The number of nitro groups is 1. The van der Waals surface area contributed by atoms with E-state index in [0.717, 1.165) is 0 Å². The molecule has 1 aliphatic rings. The second kappa shape index (κ2) is 5.16. The van der Waals surface area contributed by atoms with Crippen LogP contribution in [-0.4, -0.2) is 30.4 Å². The largest absolute Gasteiger partial charge is 0.490 e. The monoisotopic (exact) mass is 279 g/mol. The molecule has 8 nitrogen and oxygen atoms in total. The van der Waals surface area contributed by atoms with E-state index in [4.69, 9.17) is 10.5 Å². The van der Waals surface area contributed by atoms with Gasteiger partial charge in [-0.3, -0.25) is 19.7 Å². The number of ether oxygens (including phenoxy) is 1. The van der Waals surface area contributed by atoms with Gasteiger partial charge in [0.05, 0.1) is 23.6 Å². The molecule has 20 heavy (non-hydrogen) atoms. The number of benzene rings is 1. The summed E-state index contributed by atoms with van der Waals surface area (Å²) in [5.41, 5.74) is 5.30. The third-order valence-corrected chi connectivity index (χ3v) is 3.20. The summed E-state index contributed by atoms with van der Waals surface area (Å²) in [5.74, 6) is -1.29. The van der Waals surface area contributed by atoms with Crippen LogP contribution in [0.2, 0.25) is 0 Å². The Morgan fingerprint density at radius 1 is 1.55 bits per heavy atom. The quantitative estimate of drug-likeness (QED) is 0.634. The number of anilines is 1. The minimum absolute atomic E-state index is 0.0230. The number of carbonyl (C=O) groups is 2. The van der Waals surface area contributed by atoms with Crippen LogP contribution >= 0.6 is 0 Å². The number of nitro benzene ring substituents is 1. The highest BCUT2D eigenvalue weighted by molar-refractivity contribution is 6.00. The molecule has 1 saturated heterocycles. The normalized spacial score (nSPS) is 18.1. The van der Waals surface area contributed by atoms with Crippen molar-refractivity contribution in [3.8, 4) is 5.75 Å². The topological polar surface area (TPSA) is 116 Å². The number of carbonyl (C=O) groups excluding carboxylic acids is 2. The van der Waals surface area contributed by atoms with Gasteiger partial charge in [0.2, 0.25) is 11.8 Å². The van der Waals surface area contributed by atoms with Gasteiger partial charge < -0.3 is 15.4 Å². The Labute approximate surface area is 114 Å². The van der Waals surface area contributed by atoms with E-state index in [1.54, 1.807) is 0 Å². The minimum Gasteiger partial charge on any atom is -0.490 e. The number of hydrogen-bond donors (Lipinski definition) is 1. The SMILES string of the molecule is COc1ccc(N2C[C@H](C(N)=O)CC2=O)cc1[N+](=O)[O-]. The molecule has 1 fully saturated rings. The standard InChI is InChI=1S/C12H13N3O5/c1-20-10-3-2-8(5-9(10)15(18)19)14-6-7(12(13)17)4-11(14)16/h2-3,5,7H,4,6H2,1H3,(H2,13,17)/t7-/m1/s1. The van der Waals surface area contributed by atoms with Gasteiger partial charge >= 0.3 is 5.69 Å². The molecule has 0 unspecified atom stereocenters. The summed E-state index contributed by atoms with van der Waals surface area (Å²) < 4.78 is 4.89. The Kier molecular flexibility index (Phi) is 3.55. The lowest BCUT2D eigenvalue weighted by Crippen LogP contribution is -2.28. The summed E-state index contributed by atoms with van der Waals surface area (Å²) in [5, 5.41) is 10.9. The Bertz CT molecular complexity index is 586. The molecule has 0 aliphatic carbocycles. The van der Waals surface area contributed by atoms with Gasteiger partial charge in [0.1, 0.15) is 0 Å². The van der Waals surface area contributed by atoms with Crippen molar-refractivity contribution >= 4 is 23.2 Å². The first-order valence-corrected chi connectivity index (χ1v) is 5.86. The molecule has 0 saturated carbocycles. The highest BCUT2D eigenvalue weighted by atomic mass is 16.6. The fraction of sp³-hybridized carbons (Fsp3) is 0.333. The third kappa shape index (κ3) is 2.40. The molecule has 2 rings (SSSR count). The first-order chi connectivity index (χ1) is 9.43. The number of nitrogens with two attached hydrogens (primary N) is 1. The molecule has 1 aromatic rings. The van der Waals surface area contributed by atoms with E-state index in [0.29, 0.717) is 5.69 Å². The lowest BCUT2D eigenvalue weighted by atomic mass is 10.1. The average Bonchev–Trinajstić information content (AvgIpc) is 2.80. The Morgan fingerprint density at radius 2 is 2.25 bits per heavy atom. The van der Waals surface area contributed by atoms with Crippen molar-refractivity contribution in [2.45, 2.75) is 6.42 Å². The van der Waals surface area contributed by atoms with Gasteiger partial charge in [0.25, 0.3) is 0 Å². The van der Waals surface area contributed by atoms with Gasteiger partial charge in [-0.05, 0) is 12.1 Å². The highest BCUT2D eigenvalue weighted by Gasteiger charge is 2.34. The first kappa shape index (κ1) is 13.8. The maximum absolute atomic E-state index is 11.8. The van der Waals surface area contributed by atoms with Gasteiger partial charge in [0, 0.05) is 19.0 Å². The van der Waals surface area contributed by atoms with E-state index >= 15 is 0 Å². The van der Waals surface area contributed by atoms with E-state index in [2.05, 4.69) is 0 Å². The van der Waals surface area contributed by atoms with Crippen LogP contribution in [0.5, 0.6) is 5.75 Å². The van der Waals surface area contributed by atoms with Crippen LogP contribution in [0.25, 0.3) is 0 Å². The molecule has 0 spiro atoms. The van der Waals surface area contributed by atoms with Crippen molar-refractivity contribution in [3.63, 3.8) is 0 Å². The summed E-state index contributed by atoms with van der Waals surface area (Å²) in [4.78, 5) is 34.6. The molecule has 1 atom stereocenters. The lowest BCUT2D eigenvalue weighted by molar-refractivity contribution is -0.385. The van der Waals surface area contributed by atoms with E-state index in [1.165, 1.54) is 30.2 Å². The Morgan fingerprint density at radius 3 is 2.75 bits per heavy atom. The second-order valence-corrected chi connectivity index (χ2v) is 4.42. The zero-order valence-corrected chi connectivity index (χ0v) is 10.7. The van der Waals surface area contributed by atoms with Gasteiger partial charge in [-0.15, -0.1) is 0 Å². The zero-order chi connectivity index (χ0) is 14.9. The van der Waals surface area contributed by atoms with Crippen LogP contribution in [0.1, 0.15) is 6.42 Å². The molecular weight excluding hydrogens is 266 g/mol. The lowest BCUT2D eigenvalue weighted by Gasteiger charge is -2.16. The fourth-order valence-corrected chi connectivity index (χ4v) is 2.14. The van der Waals surface area contributed by atoms with Gasteiger partial charge in [-0.1, -0.05) is 0 Å². The van der Waals surface area contributed by atoms with Gasteiger partial charge in [-0.2, -0.15) is 0 Å². The number of amides is 2. The van der Waals surface area contributed by atoms with E-state index in [1.807, 2.05) is 0 Å². The maximum Gasteiger partial charge on any atom is 0.312 e. The van der Waals surface area contributed by atoms with Crippen LogP contribution in [0.15, 0.2) is 18.2 Å². The fourth-order valence-electron chi connectivity index (χ4n) is 2.14.